The van der Waals surface area contributed by atoms with Gasteiger partial charge in [0.25, 0.3) is 0 Å². The number of hydrogen-bond donors (Lipinski definition) is 1. The fourth-order valence-electron chi connectivity index (χ4n) is 3.82. The molecule has 25 heavy (non-hydrogen) atoms. The van der Waals surface area contributed by atoms with Gasteiger partial charge in [0.2, 0.25) is 5.91 Å². The molecular formula is C19H33NO5. The quantitative estimate of drug-likeness (QED) is 0.252. The Balaban J connectivity index is 1.62. The molecule has 0 unspecified atom stereocenters. The van der Waals surface area contributed by atoms with Gasteiger partial charge in [-0.1, -0.05) is 19.1 Å². The van der Waals surface area contributed by atoms with Crippen LogP contribution in [0.3, 0.4) is 0 Å². The number of amides is 1. The summed E-state index contributed by atoms with van der Waals surface area (Å²) in [6, 6.07) is 0. The van der Waals surface area contributed by atoms with E-state index in [1.807, 2.05) is 0 Å². The van der Waals surface area contributed by atoms with Gasteiger partial charge >= 0.3 is 0 Å². The van der Waals surface area contributed by atoms with Crippen molar-refractivity contribution in [1.82, 2.24) is 5.06 Å². The highest BCUT2D eigenvalue weighted by atomic mass is 16.5. The lowest BCUT2D eigenvalue weighted by Crippen LogP contribution is -2.31. The predicted molar refractivity (Wildman–Crippen MR) is 94.4 cm³/mol. The van der Waals surface area contributed by atoms with Gasteiger partial charge in [-0.2, -0.15) is 0 Å². The Hall–Kier alpha value is -0.950. The van der Waals surface area contributed by atoms with Crippen molar-refractivity contribution < 1.29 is 24.2 Å². The fraction of sp³-hybridized carbons (Fsp3) is 0.842. The van der Waals surface area contributed by atoms with Gasteiger partial charge in [-0.15, -0.1) is 0 Å². The molecule has 0 radical (unpaired) electrons. The van der Waals surface area contributed by atoms with E-state index in [4.69, 9.17) is 19.4 Å². The van der Waals surface area contributed by atoms with Crippen molar-refractivity contribution in [1.29, 1.82) is 0 Å². The molecule has 6 heteroatoms. The van der Waals surface area contributed by atoms with Gasteiger partial charge in [-0.25, -0.2) is 5.06 Å². The molecule has 2 saturated heterocycles. The van der Waals surface area contributed by atoms with Crippen molar-refractivity contribution in [3.63, 3.8) is 0 Å². The van der Waals surface area contributed by atoms with Gasteiger partial charge in [-0.05, 0) is 38.0 Å². The zero-order valence-electron chi connectivity index (χ0n) is 15.6. The number of nitrogens with zero attached hydrogens (tertiary/aromatic N) is 1. The summed E-state index contributed by atoms with van der Waals surface area (Å²) in [6.45, 7) is 4.79. The molecule has 2 heterocycles. The van der Waals surface area contributed by atoms with Crippen molar-refractivity contribution >= 4 is 5.91 Å². The molecule has 0 aromatic carbocycles. The van der Waals surface area contributed by atoms with Crippen LogP contribution in [0, 0.1) is 11.8 Å². The molecule has 0 aromatic rings. The lowest BCUT2D eigenvalue weighted by atomic mass is 9.78. The van der Waals surface area contributed by atoms with Crippen LogP contribution >= 0.6 is 0 Å². The summed E-state index contributed by atoms with van der Waals surface area (Å²) >= 11 is 0. The van der Waals surface area contributed by atoms with E-state index in [1.165, 1.54) is 7.05 Å². The molecule has 6 nitrogen and oxygen atoms in total. The van der Waals surface area contributed by atoms with Gasteiger partial charge in [-0.3, -0.25) is 10.0 Å². The SMILES string of the molecule is CCC=CCOC[C@@H]1[C@H](CCOCCCC(=O)N(C)O)[C@@H]2CC[C@H]1O2. The van der Waals surface area contributed by atoms with E-state index in [2.05, 4.69) is 19.1 Å². The number of hydroxylamine groups is 2. The lowest BCUT2D eigenvalue weighted by Gasteiger charge is -2.27. The Bertz CT molecular complexity index is 426. The first-order chi connectivity index (χ1) is 12.1. The second-order valence-corrected chi connectivity index (χ2v) is 6.96. The van der Waals surface area contributed by atoms with Crippen LogP contribution in [0.5, 0.6) is 0 Å². The topological polar surface area (TPSA) is 68.2 Å². The van der Waals surface area contributed by atoms with Gasteiger partial charge in [0.05, 0.1) is 25.4 Å². The van der Waals surface area contributed by atoms with Crippen molar-refractivity contribution in [3.8, 4) is 0 Å². The Kier molecular flexibility index (Phi) is 8.89. The van der Waals surface area contributed by atoms with Crippen molar-refractivity contribution in [2.24, 2.45) is 11.8 Å². The summed E-state index contributed by atoms with van der Waals surface area (Å²) in [4.78, 5) is 11.3. The number of ether oxygens (including phenoxy) is 3. The summed E-state index contributed by atoms with van der Waals surface area (Å²) in [6.07, 6.45) is 10.2. The second kappa shape index (κ2) is 10.9. The van der Waals surface area contributed by atoms with Crippen LogP contribution in [0.1, 0.15) is 45.4 Å². The van der Waals surface area contributed by atoms with Gasteiger partial charge in [0, 0.05) is 32.6 Å². The average Bonchev–Trinajstić information content (AvgIpc) is 3.19. The molecule has 0 aliphatic carbocycles. The Morgan fingerprint density at radius 2 is 1.96 bits per heavy atom. The van der Waals surface area contributed by atoms with Crippen molar-refractivity contribution in [2.45, 2.75) is 57.7 Å². The van der Waals surface area contributed by atoms with Gasteiger partial charge in [0.15, 0.2) is 0 Å². The smallest absolute Gasteiger partial charge is 0.245 e. The third-order valence-corrected chi connectivity index (χ3v) is 5.15. The van der Waals surface area contributed by atoms with Gasteiger partial charge in [0.1, 0.15) is 0 Å². The van der Waals surface area contributed by atoms with Crippen LogP contribution in [0.25, 0.3) is 0 Å². The standard InChI is InChI=1S/C19H33NO5/c1-3-4-5-11-24-14-16-15(17-8-9-18(16)25-17)10-13-23-12-6-7-19(21)20(2)22/h4-5,15-18,22H,3,6-14H2,1-2H3/t15-,16+,17-,18+/m0/s1. The van der Waals surface area contributed by atoms with Crippen LogP contribution in [0.4, 0.5) is 0 Å². The molecule has 144 valence electrons. The maximum atomic E-state index is 11.3. The maximum absolute atomic E-state index is 11.3. The minimum Gasteiger partial charge on any atom is -0.381 e. The number of carbonyl (C=O) groups is 1. The highest BCUT2D eigenvalue weighted by Gasteiger charge is 2.48. The van der Waals surface area contributed by atoms with Crippen LogP contribution in [-0.4, -0.2) is 61.9 Å². The number of hydrogen-bond acceptors (Lipinski definition) is 5. The molecule has 0 aromatic heterocycles. The number of allylic oxidation sites excluding steroid dienone is 1. The molecule has 2 bridgehead atoms. The Morgan fingerprint density at radius 1 is 1.20 bits per heavy atom. The predicted octanol–water partition coefficient (Wildman–Crippen LogP) is 2.80. The fourth-order valence-corrected chi connectivity index (χ4v) is 3.82. The van der Waals surface area contributed by atoms with Crippen LogP contribution in [0.2, 0.25) is 0 Å². The average molecular weight is 355 g/mol. The minimum absolute atomic E-state index is 0.278. The van der Waals surface area contributed by atoms with Crippen LogP contribution in [-0.2, 0) is 19.0 Å². The third-order valence-electron chi connectivity index (χ3n) is 5.15. The largest absolute Gasteiger partial charge is 0.381 e. The van der Waals surface area contributed by atoms with Gasteiger partial charge < -0.3 is 14.2 Å². The molecule has 2 aliphatic rings. The van der Waals surface area contributed by atoms with Crippen LogP contribution in [0.15, 0.2) is 12.2 Å². The summed E-state index contributed by atoms with van der Waals surface area (Å²) in [7, 11) is 1.35. The molecule has 0 saturated carbocycles. The molecule has 1 N–H and O–H groups in total. The van der Waals surface area contributed by atoms with E-state index in [0.29, 0.717) is 61.8 Å². The number of carbonyl (C=O) groups excluding carboxylic acids is 1. The van der Waals surface area contributed by atoms with Crippen molar-refractivity contribution in [2.75, 3.05) is 33.5 Å². The summed E-state index contributed by atoms with van der Waals surface area (Å²) in [5, 5.41) is 9.62. The molecule has 2 fully saturated rings. The molecule has 2 aliphatic heterocycles. The molecule has 2 rings (SSSR count). The highest BCUT2D eigenvalue weighted by Crippen LogP contribution is 2.45. The number of rotatable bonds is 12. The normalized spacial score (nSPS) is 28.1. The van der Waals surface area contributed by atoms with E-state index >= 15 is 0 Å². The summed E-state index contributed by atoms with van der Waals surface area (Å²) in [5.74, 6) is 0.709. The Labute approximate surface area is 151 Å². The molecular weight excluding hydrogens is 322 g/mol. The zero-order valence-corrected chi connectivity index (χ0v) is 15.6. The van der Waals surface area contributed by atoms with Crippen LogP contribution < -0.4 is 0 Å². The zero-order chi connectivity index (χ0) is 18.1. The summed E-state index contributed by atoms with van der Waals surface area (Å²) in [5.41, 5.74) is 0. The van der Waals surface area contributed by atoms with E-state index in [9.17, 15) is 4.79 Å². The van der Waals surface area contributed by atoms with E-state index in [-0.39, 0.29) is 5.91 Å². The molecule has 1 amide bonds. The van der Waals surface area contributed by atoms with Crippen molar-refractivity contribution in [3.05, 3.63) is 12.2 Å². The van der Waals surface area contributed by atoms with E-state index < -0.39 is 0 Å². The minimum atomic E-state index is -0.278. The van der Waals surface area contributed by atoms with E-state index in [0.717, 1.165) is 32.3 Å². The first-order valence-electron chi connectivity index (χ1n) is 9.54. The second-order valence-electron chi connectivity index (χ2n) is 6.96. The molecule has 4 atom stereocenters. The first kappa shape index (κ1) is 20.4. The van der Waals surface area contributed by atoms with E-state index in [1.54, 1.807) is 0 Å². The lowest BCUT2D eigenvalue weighted by molar-refractivity contribution is -0.159. The number of fused-ring (bicyclic) bond motifs is 2. The summed E-state index contributed by atoms with van der Waals surface area (Å²) < 4.78 is 17.6. The third kappa shape index (κ3) is 6.37. The monoisotopic (exact) mass is 355 g/mol. The Morgan fingerprint density at radius 3 is 2.68 bits per heavy atom. The highest BCUT2D eigenvalue weighted by molar-refractivity contribution is 5.74. The molecule has 0 spiro atoms. The first-order valence-corrected chi connectivity index (χ1v) is 9.54. The maximum Gasteiger partial charge on any atom is 0.245 e.